The number of benzene rings is 1. The van der Waals surface area contributed by atoms with Gasteiger partial charge in [-0.15, -0.1) is 0 Å². The summed E-state index contributed by atoms with van der Waals surface area (Å²) < 4.78 is 0. The summed E-state index contributed by atoms with van der Waals surface area (Å²) in [5, 5.41) is 3.13. The monoisotopic (exact) mass is 274 g/mol. The van der Waals surface area contributed by atoms with E-state index >= 15 is 0 Å². The molecule has 0 heterocycles. The van der Waals surface area contributed by atoms with E-state index in [9.17, 15) is 4.79 Å². The highest BCUT2D eigenvalue weighted by atomic mass is 16.1. The summed E-state index contributed by atoms with van der Waals surface area (Å²) in [7, 11) is 4.26. The van der Waals surface area contributed by atoms with Gasteiger partial charge in [0.05, 0.1) is 0 Å². The van der Waals surface area contributed by atoms with E-state index in [1.165, 1.54) is 19.3 Å². The quantitative estimate of drug-likeness (QED) is 0.915. The minimum atomic E-state index is 0.0325. The zero-order chi connectivity index (χ0) is 14.6. The van der Waals surface area contributed by atoms with Crippen molar-refractivity contribution < 1.29 is 4.79 Å². The Hall–Kier alpha value is -1.35. The van der Waals surface area contributed by atoms with Crippen LogP contribution in [0.5, 0.6) is 0 Å². The van der Waals surface area contributed by atoms with Crippen molar-refractivity contribution in [2.45, 2.75) is 38.1 Å². The number of carbonyl (C=O) groups excluding carboxylic acids is 1. The number of hydrogen-bond acceptors (Lipinski definition) is 2. The van der Waals surface area contributed by atoms with Crippen LogP contribution in [0, 0.1) is 5.92 Å². The predicted molar refractivity (Wildman–Crippen MR) is 82.8 cm³/mol. The second kappa shape index (κ2) is 6.40. The molecule has 0 aromatic heterocycles. The largest absolute Gasteiger partial charge is 0.350 e. The summed E-state index contributed by atoms with van der Waals surface area (Å²) in [5.74, 6) is 0.768. The van der Waals surface area contributed by atoms with Crippen LogP contribution in [-0.4, -0.2) is 37.0 Å². The van der Waals surface area contributed by atoms with E-state index in [1.807, 2.05) is 30.3 Å². The van der Waals surface area contributed by atoms with Crippen molar-refractivity contribution in [2.75, 3.05) is 20.6 Å². The van der Waals surface area contributed by atoms with E-state index in [2.05, 4.69) is 31.2 Å². The Labute approximate surface area is 122 Å². The number of carbonyl (C=O) groups is 1. The molecule has 0 aliphatic heterocycles. The smallest absolute Gasteiger partial charge is 0.251 e. The molecule has 1 aliphatic rings. The van der Waals surface area contributed by atoms with Crippen molar-refractivity contribution in [3.8, 4) is 0 Å². The number of likely N-dealkylation sites (N-methyl/N-ethyl adjacent to an activating group) is 1. The molecule has 110 valence electrons. The summed E-state index contributed by atoms with van der Waals surface area (Å²) in [5.41, 5.74) is 0.854. The van der Waals surface area contributed by atoms with Gasteiger partial charge in [0.1, 0.15) is 0 Å². The molecule has 3 nitrogen and oxygen atoms in total. The summed E-state index contributed by atoms with van der Waals surface area (Å²) in [6, 6.07) is 9.46. The van der Waals surface area contributed by atoms with E-state index in [0.29, 0.717) is 0 Å². The fraction of sp³-hybridized carbons (Fsp3) is 0.588. The Morgan fingerprint density at radius 1 is 1.35 bits per heavy atom. The van der Waals surface area contributed by atoms with Crippen molar-refractivity contribution in [3.05, 3.63) is 35.9 Å². The maximum Gasteiger partial charge on any atom is 0.251 e. The average Bonchev–Trinajstić information content (AvgIpc) is 2.45. The first kappa shape index (κ1) is 15.0. The zero-order valence-corrected chi connectivity index (χ0v) is 12.9. The molecule has 1 aromatic carbocycles. The predicted octanol–water partition coefficient (Wildman–Crippen LogP) is 2.93. The van der Waals surface area contributed by atoms with E-state index in [4.69, 9.17) is 0 Å². The van der Waals surface area contributed by atoms with Crippen molar-refractivity contribution in [1.29, 1.82) is 0 Å². The third-order valence-electron chi connectivity index (χ3n) is 4.63. The number of rotatable bonds is 4. The number of amides is 1. The minimum Gasteiger partial charge on any atom is -0.350 e. The van der Waals surface area contributed by atoms with Crippen LogP contribution >= 0.6 is 0 Å². The molecule has 0 saturated heterocycles. The molecular weight excluding hydrogens is 248 g/mol. The molecule has 20 heavy (non-hydrogen) atoms. The van der Waals surface area contributed by atoms with Crippen LogP contribution in [0.25, 0.3) is 0 Å². The van der Waals surface area contributed by atoms with Gasteiger partial charge in [-0.05, 0) is 45.0 Å². The van der Waals surface area contributed by atoms with Crippen molar-refractivity contribution >= 4 is 5.91 Å². The van der Waals surface area contributed by atoms with Gasteiger partial charge in [-0.3, -0.25) is 4.79 Å². The molecule has 1 aromatic rings. The Morgan fingerprint density at radius 3 is 2.65 bits per heavy atom. The van der Waals surface area contributed by atoms with Crippen LogP contribution in [0.2, 0.25) is 0 Å². The molecule has 0 radical (unpaired) electrons. The molecule has 0 spiro atoms. The van der Waals surface area contributed by atoms with Gasteiger partial charge >= 0.3 is 0 Å². The molecule has 1 fully saturated rings. The van der Waals surface area contributed by atoms with Gasteiger partial charge in [0, 0.05) is 17.6 Å². The maximum absolute atomic E-state index is 12.2. The number of nitrogens with zero attached hydrogens (tertiary/aromatic N) is 1. The van der Waals surface area contributed by atoms with E-state index in [0.717, 1.165) is 24.4 Å². The molecule has 1 saturated carbocycles. The van der Waals surface area contributed by atoms with Crippen molar-refractivity contribution in [2.24, 2.45) is 5.92 Å². The van der Waals surface area contributed by atoms with Crippen LogP contribution in [-0.2, 0) is 0 Å². The SMILES string of the molecule is CC1CCCC(CNC(=O)c2ccccc2)(N(C)C)C1. The van der Waals surface area contributed by atoms with Gasteiger partial charge in [0.15, 0.2) is 0 Å². The topological polar surface area (TPSA) is 32.3 Å². The highest BCUT2D eigenvalue weighted by Crippen LogP contribution is 2.35. The zero-order valence-electron chi connectivity index (χ0n) is 12.9. The molecule has 2 unspecified atom stereocenters. The Bertz CT molecular complexity index is 444. The maximum atomic E-state index is 12.2. The second-order valence-electron chi connectivity index (χ2n) is 6.37. The second-order valence-corrected chi connectivity index (χ2v) is 6.37. The lowest BCUT2D eigenvalue weighted by atomic mass is 9.75. The molecule has 1 N–H and O–H groups in total. The van der Waals surface area contributed by atoms with Crippen molar-refractivity contribution in [3.63, 3.8) is 0 Å². The molecule has 1 aliphatic carbocycles. The number of hydrogen-bond donors (Lipinski definition) is 1. The van der Waals surface area contributed by atoms with E-state index in [1.54, 1.807) is 0 Å². The Morgan fingerprint density at radius 2 is 2.05 bits per heavy atom. The van der Waals surface area contributed by atoms with Gasteiger partial charge in [-0.2, -0.15) is 0 Å². The molecule has 3 heteroatoms. The lowest BCUT2D eigenvalue weighted by Crippen LogP contribution is -2.55. The summed E-state index contributed by atoms with van der Waals surface area (Å²) in [6.07, 6.45) is 4.89. The van der Waals surface area contributed by atoms with Crippen LogP contribution in [0.15, 0.2) is 30.3 Å². The van der Waals surface area contributed by atoms with Crippen molar-refractivity contribution in [1.82, 2.24) is 10.2 Å². The molecule has 2 atom stereocenters. The summed E-state index contributed by atoms with van der Waals surface area (Å²) in [6.45, 7) is 3.05. The lowest BCUT2D eigenvalue weighted by molar-refractivity contribution is 0.0675. The fourth-order valence-corrected chi connectivity index (χ4v) is 3.29. The highest BCUT2D eigenvalue weighted by Gasteiger charge is 2.37. The first-order valence-electron chi connectivity index (χ1n) is 7.54. The number of nitrogens with one attached hydrogen (secondary N) is 1. The van der Waals surface area contributed by atoms with Crippen LogP contribution in [0.1, 0.15) is 43.0 Å². The first-order chi connectivity index (χ1) is 9.53. The molecular formula is C17H26N2O. The molecule has 2 rings (SSSR count). The normalized spacial score (nSPS) is 26.5. The Balaban J connectivity index is 2.01. The average molecular weight is 274 g/mol. The first-order valence-corrected chi connectivity index (χ1v) is 7.54. The van der Waals surface area contributed by atoms with E-state index in [-0.39, 0.29) is 11.4 Å². The van der Waals surface area contributed by atoms with Gasteiger partial charge < -0.3 is 10.2 Å². The minimum absolute atomic E-state index is 0.0325. The summed E-state index contributed by atoms with van der Waals surface area (Å²) >= 11 is 0. The van der Waals surface area contributed by atoms with Crippen LogP contribution in [0.4, 0.5) is 0 Å². The van der Waals surface area contributed by atoms with Crippen LogP contribution in [0.3, 0.4) is 0 Å². The third kappa shape index (κ3) is 3.40. The van der Waals surface area contributed by atoms with Gasteiger partial charge in [0.25, 0.3) is 5.91 Å². The van der Waals surface area contributed by atoms with Gasteiger partial charge in [0.2, 0.25) is 0 Å². The summed E-state index contributed by atoms with van der Waals surface area (Å²) in [4.78, 5) is 14.5. The molecule has 0 bridgehead atoms. The highest BCUT2D eigenvalue weighted by molar-refractivity contribution is 5.94. The van der Waals surface area contributed by atoms with Gasteiger partial charge in [-0.25, -0.2) is 0 Å². The van der Waals surface area contributed by atoms with Gasteiger partial charge in [-0.1, -0.05) is 38.0 Å². The molecule has 1 amide bonds. The third-order valence-corrected chi connectivity index (χ3v) is 4.63. The fourth-order valence-electron chi connectivity index (χ4n) is 3.29. The Kier molecular flexibility index (Phi) is 4.81. The van der Waals surface area contributed by atoms with Crippen LogP contribution < -0.4 is 5.32 Å². The standard InChI is InChI=1S/C17H26N2O/c1-14-8-7-11-17(12-14,19(2)3)13-18-16(20)15-9-5-4-6-10-15/h4-6,9-10,14H,7-8,11-13H2,1-3H3,(H,18,20). The van der Waals surface area contributed by atoms with E-state index < -0.39 is 0 Å². The lowest BCUT2D eigenvalue weighted by Gasteiger charge is -2.45.